The van der Waals surface area contributed by atoms with Crippen LogP contribution in [-0.4, -0.2) is 101 Å². The van der Waals surface area contributed by atoms with Gasteiger partial charge >= 0.3 is 30.0 Å². The average Bonchev–Trinajstić information content (AvgIpc) is 3.74. The summed E-state index contributed by atoms with van der Waals surface area (Å²) in [6.45, 7) is 18.4. The third kappa shape index (κ3) is 16.9. The van der Waals surface area contributed by atoms with Crippen LogP contribution in [0.15, 0.2) is 30.7 Å². The summed E-state index contributed by atoms with van der Waals surface area (Å²) in [5.74, 6) is -0.0644. The van der Waals surface area contributed by atoms with Gasteiger partial charge in [-0.3, -0.25) is 24.0 Å². The number of hydrogen-bond acceptors (Lipinski definition) is 15. The van der Waals surface area contributed by atoms with E-state index in [1.807, 2.05) is 71.7 Å². The highest BCUT2D eigenvalue weighted by atomic mass is 16.6. The Morgan fingerprint density at radius 1 is 0.870 bits per heavy atom. The van der Waals surface area contributed by atoms with Gasteiger partial charge in [0.15, 0.2) is 11.8 Å². The third-order valence-corrected chi connectivity index (χ3v) is 12.8. The molecule has 378 valence electrons. The maximum Gasteiger partial charge on any atom is 0.420 e. The fourth-order valence-electron chi connectivity index (χ4n) is 9.07. The standard InChI is InChI=1S/C52H74N6O11/c1-11-13-45(60)65-30-41(31-66-46(61)14-12-2)68-47(62)25-35(5)24-34(4)23-33(3)15-16-37(7)51(63)69-48-38(8)26-40(27-39(48)9)29-67-52(64)58-22-19-42-49(54-32-55-50(42)58)56(10)43-28-57(21-18-36(43)6)44(59)17-20-53/h19,22,26-27,32-37,41,43H,11-18,21,23-25,28-31H2,1-10H3/t33?,34?,35?,36-,37?,43+/m1/s1. The second kappa shape index (κ2) is 27.2. The lowest BCUT2D eigenvalue weighted by Gasteiger charge is -2.42. The van der Waals surface area contributed by atoms with E-state index in [0.717, 1.165) is 42.4 Å². The first kappa shape index (κ1) is 55.5. The van der Waals surface area contributed by atoms with Crippen molar-refractivity contribution < 1.29 is 52.5 Å². The van der Waals surface area contributed by atoms with Crippen molar-refractivity contribution >= 4 is 52.7 Å². The van der Waals surface area contributed by atoms with E-state index in [1.54, 1.807) is 17.2 Å². The van der Waals surface area contributed by atoms with Crippen molar-refractivity contribution in [3.05, 3.63) is 47.4 Å². The van der Waals surface area contributed by atoms with Crippen molar-refractivity contribution in [2.24, 2.45) is 29.6 Å². The Morgan fingerprint density at radius 3 is 2.13 bits per heavy atom. The van der Waals surface area contributed by atoms with Crippen molar-refractivity contribution in [2.45, 2.75) is 152 Å². The average molecular weight is 959 g/mol. The number of piperidine rings is 1. The van der Waals surface area contributed by atoms with Crippen LogP contribution in [0.3, 0.4) is 0 Å². The lowest BCUT2D eigenvalue weighted by Crippen LogP contribution is -2.52. The molecule has 0 N–H and O–H groups in total. The van der Waals surface area contributed by atoms with Crippen LogP contribution in [0, 0.1) is 54.8 Å². The van der Waals surface area contributed by atoms with Gasteiger partial charge in [-0.2, -0.15) is 5.26 Å². The smallest absolute Gasteiger partial charge is 0.420 e. The fraction of sp³-hybridized carbons (Fsp3) is 0.635. The Labute approximate surface area is 407 Å². The highest BCUT2D eigenvalue weighted by Gasteiger charge is 2.33. The summed E-state index contributed by atoms with van der Waals surface area (Å²) in [4.78, 5) is 88.7. The van der Waals surface area contributed by atoms with E-state index >= 15 is 0 Å². The minimum absolute atomic E-state index is 0.0238. The lowest BCUT2D eigenvalue weighted by atomic mass is 9.85. The van der Waals surface area contributed by atoms with Crippen LogP contribution >= 0.6 is 0 Å². The lowest BCUT2D eigenvalue weighted by molar-refractivity contribution is -0.167. The zero-order valence-corrected chi connectivity index (χ0v) is 42.4. The van der Waals surface area contributed by atoms with Gasteiger partial charge in [0, 0.05) is 45.6 Å². The van der Waals surface area contributed by atoms with E-state index in [-0.39, 0.29) is 81.2 Å². The molecule has 17 nitrogen and oxygen atoms in total. The molecular formula is C52H74N6O11. The molecule has 2 aromatic heterocycles. The number of likely N-dealkylation sites (N-methyl/N-ethyl adjacent to an activating group) is 1. The maximum absolute atomic E-state index is 13.4. The highest BCUT2D eigenvalue weighted by molar-refractivity contribution is 5.93. The van der Waals surface area contributed by atoms with Crippen molar-refractivity contribution in [1.29, 1.82) is 5.26 Å². The summed E-state index contributed by atoms with van der Waals surface area (Å²) in [5, 5.41) is 9.70. The number of anilines is 1. The quantitative estimate of drug-likeness (QED) is 0.0441. The molecule has 0 aliphatic carbocycles. The predicted molar refractivity (Wildman–Crippen MR) is 259 cm³/mol. The summed E-state index contributed by atoms with van der Waals surface area (Å²) < 4.78 is 29.1. The highest BCUT2D eigenvalue weighted by Crippen LogP contribution is 2.32. The number of fused-ring (bicyclic) bond motifs is 1. The van der Waals surface area contributed by atoms with Crippen molar-refractivity contribution in [3.8, 4) is 11.8 Å². The number of amides is 1. The molecule has 6 atom stereocenters. The number of aryl methyl sites for hydroxylation is 2. The molecular weight excluding hydrogens is 885 g/mol. The zero-order valence-electron chi connectivity index (χ0n) is 42.4. The van der Waals surface area contributed by atoms with Crippen LogP contribution < -0.4 is 9.64 Å². The third-order valence-electron chi connectivity index (χ3n) is 12.8. The van der Waals surface area contributed by atoms with Crippen LogP contribution in [0.25, 0.3) is 11.0 Å². The number of carbonyl (C=O) groups is 6. The molecule has 0 radical (unpaired) electrons. The Balaban J connectivity index is 1.24. The van der Waals surface area contributed by atoms with Crippen LogP contribution in [0.2, 0.25) is 0 Å². The number of carbonyl (C=O) groups excluding carboxylic acids is 6. The summed E-state index contributed by atoms with van der Waals surface area (Å²) in [5.41, 5.74) is 2.59. The van der Waals surface area contributed by atoms with Crippen LogP contribution in [0.4, 0.5) is 10.6 Å². The van der Waals surface area contributed by atoms with Gasteiger partial charge in [-0.25, -0.2) is 19.3 Å². The van der Waals surface area contributed by atoms with Gasteiger partial charge in [-0.1, -0.05) is 48.5 Å². The Bertz CT molecular complexity index is 2230. The number of likely N-dealkylation sites (tertiary alicyclic amines) is 1. The molecule has 0 bridgehead atoms. The number of benzene rings is 1. The second-order valence-electron chi connectivity index (χ2n) is 19.2. The number of nitrogens with zero attached hydrogens (tertiary/aromatic N) is 6. The first-order valence-corrected chi connectivity index (χ1v) is 24.5. The topological polar surface area (TPSA) is 210 Å². The van der Waals surface area contributed by atoms with Crippen LogP contribution in [0.5, 0.6) is 5.75 Å². The number of hydrogen-bond donors (Lipinski definition) is 0. The number of aromatic nitrogens is 3. The van der Waals surface area contributed by atoms with E-state index in [4.69, 9.17) is 28.9 Å². The van der Waals surface area contributed by atoms with E-state index in [1.165, 1.54) is 10.9 Å². The SMILES string of the molecule is CCCC(=O)OCC(COC(=O)CCC)OC(=O)CC(C)CC(C)CC(C)CCC(C)C(=O)Oc1c(C)cc(COC(=O)n2ccc3c(N(C)[C@H]4CN(C(=O)CC#N)CC[C@H]4C)ncnc32)cc1C. The Kier molecular flexibility index (Phi) is 21.9. The van der Waals surface area contributed by atoms with Gasteiger partial charge in [0.05, 0.1) is 23.4 Å². The minimum atomic E-state index is -0.872. The van der Waals surface area contributed by atoms with E-state index in [9.17, 15) is 28.8 Å². The zero-order chi connectivity index (χ0) is 50.8. The molecule has 69 heavy (non-hydrogen) atoms. The normalized spacial score (nSPS) is 16.5. The molecule has 1 aromatic carbocycles. The van der Waals surface area contributed by atoms with Crippen molar-refractivity contribution in [3.63, 3.8) is 0 Å². The molecule has 1 amide bonds. The summed E-state index contributed by atoms with van der Waals surface area (Å²) in [6, 6.07) is 7.34. The molecule has 4 unspecified atom stereocenters. The van der Waals surface area contributed by atoms with Gasteiger partial charge in [0.25, 0.3) is 0 Å². The van der Waals surface area contributed by atoms with Crippen LogP contribution in [-0.2, 0) is 49.5 Å². The molecule has 3 heterocycles. The minimum Gasteiger partial charge on any atom is -0.462 e. The molecule has 1 saturated heterocycles. The molecule has 3 aromatic rings. The number of ether oxygens (including phenoxy) is 5. The van der Waals surface area contributed by atoms with E-state index in [0.29, 0.717) is 66.8 Å². The maximum atomic E-state index is 13.4. The molecule has 1 fully saturated rings. The van der Waals surface area contributed by atoms with Crippen molar-refractivity contribution in [2.75, 3.05) is 38.3 Å². The van der Waals surface area contributed by atoms with Crippen molar-refractivity contribution in [1.82, 2.24) is 19.4 Å². The van der Waals surface area contributed by atoms with Gasteiger partial charge in [-0.15, -0.1) is 0 Å². The van der Waals surface area contributed by atoms with Crippen LogP contribution in [0.1, 0.15) is 136 Å². The molecule has 4 rings (SSSR count). The first-order valence-electron chi connectivity index (χ1n) is 24.5. The number of rotatable bonds is 25. The summed E-state index contributed by atoms with van der Waals surface area (Å²) in [6.07, 6.45) is 7.24. The van der Waals surface area contributed by atoms with Gasteiger partial charge in [0.1, 0.15) is 44.1 Å². The molecule has 0 saturated carbocycles. The molecule has 17 heteroatoms. The van der Waals surface area contributed by atoms with Gasteiger partial charge in [0.2, 0.25) is 5.91 Å². The number of esters is 4. The fourth-order valence-corrected chi connectivity index (χ4v) is 9.07. The van der Waals surface area contributed by atoms with E-state index < -0.39 is 30.1 Å². The molecule has 1 aliphatic rings. The second-order valence-corrected chi connectivity index (χ2v) is 19.2. The number of nitriles is 1. The summed E-state index contributed by atoms with van der Waals surface area (Å²) >= 11 is 0. The largest absolute Gasteiger partial charge is 0.462 e. The first-order chi connectivity index (χ1) is 32.8. The van der Waals surface area contributed by atoms with E-state index in [2.05, 4.69) is 30.7 Å². The predicted octanol–water partition coefficient (Wildman–Crippen LogP) is 8.82. The molecule has 0 spiro atoms. The monoisotopic (exact) mass is 959 g/mol. The summed E-state index contributed by atoms with van der Waals surface area (Å²) in [7, 11) is 1.91. The van der Waals surface area contributed by atoms with Gasteiger partial charge in [-0.05, 0) is 117 Å². The van der Waals surface area contributed by atoms with Gasteiger partial charge < -0.3 is 33.5 Å². The Morgan fingerprint density at radius 2 is 1.51 bits per heavy atom. The molecule has 1 aliphatic heterocycles. The Hall–Kier alpha value is -6.05.